The fraction of sp³-hybridized carbons (Fsp3) is 0.286. The fourth-order valence-electron chi connectivity index (χ4n) is 1.60. The van der Waals surface area contributed by atoms with Crippen molar-refractivity contribution in [2.24, 2.45) is 0 Å². The van der Waals surface area contributed by atoms with Gasteiger partial charge in [-0.25, -0.2) is 18.3 Å². The van der Waals surface area contributed by atoms with Crippen LogP contribution in [0, 0.1) is 10.1 Å². The second-order valence-corrected chi connectivity index (χ2v) is 4.05. The van der Waals surface area contributed by atoms with E-state index in [9.17, 15) is 18.9 Å². The van der Waals surface area contributed by atoms with Crippen molar-refractivity contribution in [2.45, 2.75) is 27.2 Å². The molecule has 0 aliphatic rings. The van der Waals surface area contributed by atoms with Gasteiger partial charge in [0.15, 0.2) is 5.82 Å². The zero-order valence-electron chi connectivity index (χ0n) is 12.5. The fourth-order valence-corrected chi connectivity index (χ4v) is 1.60. The van der Waals surface area contributed by atoms with Crippen LogP contribution in [0.4, 0.5) is 8.78 Å². The molecule has 0 spiro atoms. The Kier molecular flexibility index (Phi) is 5.85. The van der Waals surface area contributed by atoms with Gasteiger partial charge in [-0.15, -0.1) is 5.10 Å². The zero-order chi connectivity index (χ0) is 16.9. The molecule has 118 valence electrons. The lowest BCUT2D eigenvalue weighted by Crippen LogP contribution is -2.04. The van der Waals surface area contributed by atoms with Crippen molar-refractivity contribution in [1.82, 2.24) is 14.6 Å². The molecule has 2 aromatic heterocycles. The van der Waals surface area contributed by atoms with Gasteiger partial charge in [-0.05, 0) is 12.1 Å². The van der Waals surface area contributed by atoms with Crippen molar-refractivity contribution in [3.8, 4) is 0 Å². The Morgan fingerprint density at radius 3 is 2.64 bits per heavy atom. The number of alkyl halides is 2. The average molecular weight is 310 g/mol. The first-order chi connectivity index (χ1) is 10.4. The van der Waals surface area contributed by atoms with E-state index >= 15 is 0 Å². The molecule has 2 heterocycles. The molecule has 0 bridgehead atoms. The van der Waals surface area contributed by atoms with Crippen molar-refractivity contribution in [3.63, 3.8) is 0 Å². The summed E-state index contributed by atoms with van der Waals surface area (Å²) in [6, 6.07) is 2.71. The van der Waals surface area contributed by atoms with E-state index in [2.05, 4.69) is 16.7 Å². The first-order valence-corrected chi connectivity index (χ1v) is 6.55. The predicted molar refractivity (Wildman–Crippen MR) is 79.1 cm³/mol. The van der Waals surface area contributed by atoms with Crippen LogP contribution in [0.25, 0.3) is 11.1 Å². The van der Waals surface area contributed by atoms with Gasteiger partial charge in [0, 0.05) is 18.6 Å². The lowest BCUT2D eigenvalue weighted by atomic mass is 10.2. The van der Waals surface area contributed by atoms with Gasteiger partial charge >= 0.3 is 0 Å². The lowest BCUT2D eigenvalue weighted by molar-refractivity contribution is -0.424. The summed E-state index contributed by atoms with van der Waals surface area (Å²) >= 11 is 0. The van der Waals surface area contributed by atoms with Crippen molar-refractivity contribution in [2.75, 3.05) is 0 Å². The maximum atomic E-state index is 12.8. The Labute approximate surface area is 125 Å². The van der Waals surface area contributed by atoms with E-state index in [1.54, 1.807) is 0 Å². The average Bonchev–Trinajstić information content (AvgIpc) is 2.92. The van der Waals surface area contributed by atoms with Crippen LogP contribution in [0.1, 0.15) is 38.7 Å². The molecule has 0 radical (unpaired) electrons. The van der Waals surface area contributed by atoms with E-state index in [4.69, 9.17) is 0 Å². The van der Waals surface area contributed by atoms with E-state index in [0.717, 1.165) is 4.52 Å². The van der Waals surface area contributed by atoms with E-state index in [1.165, 1.54) is 31.3 Å². The zero-order valence-corrected chi connectivity index (χ0v) is 12.5. The van der Waals surface area contributed by atoms with Gasteiger partial charge in [-0.2, -0.15) is 0 Å². The summed E-state index contributed by atoms with van der Waals surface area (Å²) in [6.07, 6.45) is -0.133. The van der Waals surface area contributed by atoms with E-state index in [0.29, 0.717) is 5.52 Å². The molecule has 0 unspecified atom stereocenters. The lowest BCUT2D eigenvalue weighted by Gasteiger charge is -2.03. The highest BCUT2D eigenvalue weighted by atomic mass is 19.3. The Morgan fingerprint density at radius 2 is 2.09 bits per heavy atom. The summed E-state index contributed by atoms with van der Waals surface area (Å²) in [7, 11) is 0. The van der Waals surface area contributed by atoms with Gasteiger partial charge in [0.25, 0.3) is 6.43 Å². The molecule has 0 saturated heterocycles. The van der Waals surface area contributed by atoms with Gasteiger partial charge in [0.1, 0.15) is 5.69 Å². The molecule has 22 heavy (non-hydrogen) atoms. The van der Waals surface area contributed by atoms with Gasteiger partial charge in [-0.1, -0.05) is 20.4 Å². The Hall–Kier alpha value is -2.64. The van der Waals surface area contributed by atoms with Crippen molar-refractivity contribution in [3.05, 3.63) is 58.3 Å². The second kappa shape index (κ2) is 7.39. The minimum Gasteiger partial charge on any atom is -0.259 e. The molecule has 0 aliphatic heterocycles. The number of hydrogen-bond acceptors (Lipinski definition) is 4. The highest BCUT2D eigenvalue weighted by Crippen LogP contribution is 2.21. The number of halogens is 2. The normalized spacial score (nSPS) is 11.3. The molecule has 0 N–H and O–H groups in total. The number of nitro groups is 1. The van der Waals surface area contributed by atoms with Gasteiger partial charge < -0.3 is 0 Å². The number of nitrogens with zero attached hydrogens (tertiary/aromatic N) is 4. The van der Waals surface area contributed by atoms with Crippen molar-refractivity contribution >= 4 is 11.1 Å². The molecule has 0 atom stereocenters. The maximum Gasteiger partial charge on any atom is 0.280 e. The summed E-state index contributed by atoms with van der Waals surface area (Å²) < 4.78 is 26.6. The van der Waals surface area contributed by atoms with Crippen LogP contribution in [0.2, 0.25) is 0 Å². The summed E-state index contributed by atoms with van der Waals surface area (Å²) in [6.45, 7) is 8.90. The molecule has 2 aromatic rings. The van der Waals surface area contributed by atoms with Gasteiger partial charge in [-0.3, -0.25) is 10.1 Å². The van der Waals surface area contributed by atoms with Gasteiger partial charge in [0.05, 0.1) is 16.6 Å². The van der Waals surface area contributed by atoms with Crippen LogP contribution in [0.3, 0.4) is 0 Å². The molecule has 8 heteroatoms. The van der Waals surface area contributed by atoms with Gasteiger partial charge in [0.2, 0.25) is 5.70 Å². The largest absolute Gasteiger partial charge is 0.280 e. The van der Waals surface area contributed by atoms with Crippen molar-refractivity contribution in [1.29, 1.82) is 0 Å². The molecule has 0 aliphatic carbocycles. The standard InChI is InChI=1S/C12H10F2N4O2.C2H6/c1-7(5-8(2)18(19)20)12-15-6-9-3-4-10(11(13)14)17(9)16-12;1-2/h3-6,11H,1H2,2H3;1-2H3/b8-5+;. The topological polar surface area (TPSA) is 73.3 Å². The highest BCUT2D eigenvalue weighted by molar-refractivity contribution is 5.67. The first-order valence-electron chi connectivity index (χ1n) is 6.55. The molecular weight excluding hydrogens is 294 g/mol. The van der Waals surface area contributed by atoms with E-state index in [1.807, 2.05) is 13.8 Å². The number of rotatable bonds is 4. The Morgan fingerprint density at radius 1 is 1.45 bits per heavy atom. The monoisotopic (exact) mass is 310 g/mol. The minimum atomic E-state index is -2.68. The third kappa shape index (κ3) is 3.72. The molecular formula is C14H16F2N4O2. The molecule has 0 aromatic carbocycles. The number of fused-ring (bicyclic) bond motifs is 1. The van der Waals surface area contributed by atoms with E-state index < -0.39 is 11.3 Å². The highest BCUT2D eigenvalue weighted by Gasteiger charge is 2.15. The van der Waals surface area contributed by atoms with E-state index in [-0.39, 0.29) is 22.8 Å². The van der Waals surface area contributed by atoms with Crippen LogP contribution in [0.5, 0.6) is 0 Å². The van der Waals surface area contributed by atoms with Crippen LogP contribution in [0.15, 0.2) is 36.7 Å². The quantitative estimate of drug-likeness (QED) is 0.488. The number of aromatic nitrogens is 3. The third-order valence-corrected chi connectivity index (χ3v) is 2.61. The molecule has 0 amide bonds. The maximum absolute atomic E-state index is 12.8. The first kappa shape index (κ1) is 17.4. The van der Waals surface area contributed by atoms with Crippen molar-refractivity contribution < 1.29 is 13.7 Å². The predicted octanol–water partition coefficient (Wildman–Crippen LogP) is 3.89. The third-order valence-electron chi connectivity index (χ3n) is 2.61. The summed E-state index contributed by atoms with van der Waals surface area (Å²) in [4.78, 5) is 13.9. The number of allylic oxidation sites excluding steroid dienone is 3. The molecule has 2 rings (SSSR count). The molecule has 6 nitrogen and oxygen atoms in total. The number of hydrogen-bond donors (Lipinski definition) is 0. The molecule has 0 fully saturated rings. The van der Waals surface area contributed by atoms with Crippen LogP contribution < -0.4 is 0 Å². The summed E-state index contributed by atoms with van der Waals surface area (Å²) in [5, 5.41) is 14.5. The Balaban J connectivity index is 0.00000116. The van der Waals surface area contributed by atoms with Crippen LogP contribution in [-0.2, 0) is 0 Å². The smallest absolute Gasteiger partial charge is 0.259 e. The molecule has 0 saturated carbocycles. The minimum absolute atomic E-state index is 0.0526. The second-order valence-electron chi connectivity index (χ2n) is 4.05. The Bertz CT molecular complexity index is 723. The van der Waals surface area contributed by atoms with Crippen LogP contribution in [-0.4, -0.2) is 19.5 Å². The van der Waals surface area contributed by atoms with Crippen LogP contribution >= 0.6 is 0 Å². The summed E-state index contributed by atoms with van der Waals surface area (Å²) in [5.41, 5.74) is 0.175. The summed E-state index contributed by atoms with van der Waals surface area (Å²) in [5.74, 6) is 0.0526. The SMILES string of the molecule is C=C(/C=C(\C)[N+](=O)[O-])c1ncc2ccc(C(F)F)n2n1.CC.